The lowest BCUT2D eigenvalue weighted by Crippen LogP contribution is -2.40. The summed E-state index contributed by atoms with van der Waals surface area (Å²) in [6.07, 6.45) is 5.85. The van der Waals surface area contributed by atoms with Gasteiger partial charge < -0.3 is 10.4 Å². The van der Waals surface area contributed by atoms with Crippen LogP contribution in [0, 0.1) is 0 Å². The van der Waals surface area contributed by atoms with Crippen LogP contribution >= 0.6 is 0 Å². The van der Waals surface area contributed by atoms with Crippen molar-refractivity contribution in [3.05, 3.63) is 35.4 Å². The predicted octanol–water partition coefficient (Wildman–Crippen LogP) is 2.67. The topological polar surface area (TPSA) is 49.3 Å². The third kappa shape index (κ3) is 3.80. The number of carbonyl (C=O) groups is 1. The second-order valence-corrected chi connectivity index (χ2v) is 5.56. The highest BCUT2D eigenvalue weighted by Gasteiger charge is 2.31. The van der Waals surface area contributed by atoms with Crippen molar-refractivity contribution < 1.29 is 9.90 Å². The lowest BCUT2D eigenvalue weighted by Gasteiger charge is -2.22. The molecule has 1 aromatic carbocycles. The van der Waals surface area contributed by atoms with Crippen LogP contribution in [0.2, 0.25) is 0 Å². The number of benzene rings is 1. The molecule has 1 amide bonds. The number of hydrogen-bond donors (Lipinski definition) is 2. The van der Waals surface area contributed by atoms with Crippen LogP contribution < -0.4 is 5.32 Å². The fourth-order valence-electron chi connectivity index (χ4n) is 2.67. The molecule has 0 spiro atoms. The standard InChI is InChI=1S/C16H23NO2/c1-2-5-13-6-8-14(9-7-13)15(18)17-12-16(19)10-3-4-11-16/h6-9,19H,2-5,10-12H2,1H3,(H,17,18). The van der Waals surface area contributed by atoms with Crippen LogP contribution in [0.4, 0.5) is 0 Å². The van der Waals surface area contributed by atoms with E-state index in [1.165, 1.54) is 5.56 Å². The molecule has 0 radical (unpaired) electrons. The molecule has 2 N–H and O–H groups in total. The van der Waals surface area contributed by atoms with Gasteiger partial charge >= 0.3 is 0 Å². The van der Waals surface area contributed by atoms with Crippen molar-refractivity contribution in [1.82, 2.24) is 5.32 Å². The largest absolute Gasteiger partial charge is 0.388 e. The summed E-state index contributed by atoms with van der Waals surface area (Å²) in [6.45, 7) is 2.51. The Hall–Kier alpha value is -1.35. The molecule has 3 heteroatoms. The van der Waals surface area contributed by atoms with Crippen LogP contribution in [0.15, 0.2) is 24.3 Å². The number of aliphatic hydroxyl groups is 1. The van der Waals surface area contributed by atoms with Crippen molar-refractivity contribution in [3.8, 4) is 0 Å². The lowest BCUT2D eigenvalue weighted by atomic mass is 10.0. The Morgan fingerprint density at radius 1 is 1.26 bits per heavy atom. The van der Waals surface area contributed by atoms with Crippen molar-refractivity contribution in [3.63, 3.8) is 0 Å². The molecular formula is C16H23NO2. The Labute approximate surface area is 115 Å². The highest BCUT2D eigenvalue weighted by molar-refractivity contribution is 5.94. The van der Waals surface area contributed by atoms with Crippen LogP contribution in [-0.4, -0.2) is 23.2 Å². The summed E-state index contributed by atoms with van der Waals surface area (Å²) in [4.78, 5) is 12.0. The molecule has 0 unspecified atom stereocenters. The first kappa shape index (κ1) is 14.1. The van der Waals surface area contributed by atoms with Gasteiger partial charge in [0.1, 0.15) is 0 Å². The van der Waals surface area contributed by atoms with Crippen molar-refractivity contribution in [2.45, 2.75) is 51.0 Å². The average Bonchev–Trinajstić information content (AvgIpc) is 2.85. The van der Waals surface area contributed by atoms with E-state index in [1.807, 2.05) is 24.3 Å². The zero-order chi connectivity index (χ0) is 13.7. The van der Waals surface area contributed by atoms with E-state index in [4.69, 9.17) is 0 Å². The van der Waals surface area contributed by atoms with E-state index >= 15 is 0 Å². The third-order valence-electron chi connectivity index (χ3n) is 3.87. The monoisotopic (exact) mass is 261 g/mol. The van der Waals surface area contributed by atoms with E-state index in [-0.39, 0.29) is 5.91 Å². The van der Waals surface area contributed by atoms with Crippen molar-refractivity contribution in [1.29, 1.82) is 0 Å². The van der Waals surface area contributed by atoms with Gasteiger partial charge in [0, 0.05) is 12.1 Å². The Balaban J connectivity index is 1.88. The maximum absolute atomic E-state index is 12.0. The van der Waals surface area contributed by atoms with E-state index < -0.39 is 5.60 Å². The minimum atomic E-state index is -0.683. The smallest absolute Gasteiger partial charge is 0.251 e. The van der Waals surface area contributed by atoms with Crippen molar-refractivity contribution in [2.75, 3.05) is 6.54 Å². The van der Waals surface area contributed by atoms with Gasteiger partial charge in [0.2, 0.25) is 0 Å². The Morgan fingerprint density at radius 2 is 1.89 bits per heavy atom. The number of hydrogen-bond acceptors (Lipinski definition) is 2. The summed E-state index contributed by atoms with van der Waals surface area (Å²) in [6, 6.07) is 7.73. The Kier molecular flexibility index (Phi) is 4.59. The van der Waals surface area contributed by atoms with Crippen LogP contribution in [0.3, 0.4) is 0 Å². The van der Waals surface area contributed by atoms with Crippen LogP contribution in [-0.2, 0) is 6.42 Å². The number of nitrogens with one attached hydrogen (secondary N) is 1. The normalized spacial score (nSPS) is 17.4. The summed E-state index contributed by atoms with van der Waals surface area (Å²) in [5.74, 6) is -0.0941. The molecule has 1 aromatic rings. The van der Waals surface area contributed by atoms with Gasteiger partial charge in [-0.05, 0) is 37.0 Å². The van der Waals surface area contributed by atoms with Gasteiger partial charge in [-0.25, -0.2) is 0 Å². The second kappa shape index (κ2) is 6.20. The van der Waals surface area contributed by atoms with Crippen LogP contribution in [0.5, 0.6) is 0 Å². The fraction of sp³-hybridized carbons (Fsp3) is 0.562. The molecule has 0 aliphatic heterocycles. The average molecular weight is 261 g/mol. The van der Waals surface area contributed by atoms with Gasteiger partial charge in [-0.3, -0.25) is 4.79 Å². The predicted molar refractivity (Wildman–Crippen MR) is 76.2 cm³/mol. The zero-order valence-electron chi connectivity index (χ0n) is 11.6. The number of carbonyl (C=O) groups excluding carboxylic acids is 1. The molecule has 1 aliphatic carbocycles. The first-order valence-corrected chi connectivity index (χ1v) is 7.22. The molecule has 1 saturated carbocycles. The minimum absolute atomic E-state index is 0.0941. The maximum Gasteiger partial charge on any atom is 0.251 e. The maximum atomic E-state index is 12.0. The van der Waals surface area contributed by atoms with Gasteiger partial charge in [-0.1, -0.05) is 38.3 Å². The molecule has 1 aliphatic rings. The molecule has 0 bridgehead atoms. The summed E-state index contributed by atoms with van der Waals surface area (Å²) in [7, 11) is 0. The molecule has 104 valence electrons. The van der Waals surface area contributed by atoms with E-state index in [2.05, 4.69) is 12.2 Å². The zero-order valence-corrected chi connectivity index (χ0v) is 11.6. The van der Waals surface area contributed by atoms with E-state index in [0.717, 1.165) is 38.5 Å². The van der Waals surface area contributed by atoms with Gasteiger partial charge in [-0.15, -0.1) is 0 Å². The minimum Gasteiger partial charge on any atom is -0.388 e. The molecule has 2 rings (SSSR count). The second-order valence-electron chi connectivity index (χ2n) is 5.56. The van der Waals surface area contributed by atoms with E-state index in [9.17, 15) is 9.90 Å². The lowest BCUT2D eigenvalue weighted by molar-refractivity contribution is 0.0449. The molecule has 19 heavy (non-hydrogen) atoms. The Bertz CT molecular complexity index is 419. The Morgan fingerprint density at radius 3 is 2.47 bits per heavy atom. The first-order valence-electron chi connectivity index (χ1n) is 7.22. The molecule has 0 heterocycles. The van der Waals surface area contributed by atoms with Crippen molar-refractivity contribution in [2.24, 2.45) is 0 Å². The quantitative estimate of drug-likeness (QED) is 0.856. The highest BCUT2D eigenvalue weighted by Crippen LogP contribution is 2.28. The summed E-state index contributed by atoms with van der Waals surface area (Å²) < 4.78 is 0. The van der Waals surface area contributed by atoms with Crippen molar-refractivity contribution >= 4 is 5.91 Å². The van der Waals surface area contributed by atoms with Gasteiger partial charge in [-0.2, -0.15) is 0 Å². The molecule has 0 aromatic heterocycles. The molecule has 0 atom stereocenters. The fourth-order valence-corrected chi connectivity index (χ4v) is 2.67. The molecule has 3 nitrogen and oxygen atoms in total. The van der Waals surface area contributed by atoms with Gasteiger partial charge in [0.15, 0.2) is 0 Å². The number of amides is 1. The summed E-state index contributed by atoms with van der Waals surface area (Å²) >= 11 is 0. The van der Waals surface area contributed by atoms with Gasteiger partial charge in [0.05, 0.1) is 5.60 Å². The van der Waals surface area contributed by atoms with Gasteiger partial charge in [0.25, 0.3) is 5.91 Å². The molecule has 1 fully saturated rings. The molecular weight excluding hydrogens is 238 g/mol. The highest BCUT2D eigenvalue weighted by atomic mass is 16.3. The number of rotatable bonds is 5. The first-order chi connectivity index (χ1) is 9.13. The third-order valence-corrected chi connectivity index (χ3v) is 3.87. The van der Waals surface area contributed by atoms with E-state index in [0.29, 0.717) is 12.1 Å². The van der Waals surface area contributed by atoms with Crippen LogP contribution in [0.1, 0.15) is 54.9 Å². The summed E-state index contributed by atoms with van der Waals surface area (Å²) in [5, 5.41) is 13.0. The number of aryl methyl sites for hydroxylation is 1. The SMILES string of the molecule is CCCc1ccc(C(=O)NCC2(O)CCCC2)cc1. The molecule has 0 saturated heterocycles. The van der Waals surface area contributed by atoms with E-state index in [1.54, 1.807) is 0 Å². The summed E-state index contributed by atoms with van der Waals surface area (Å²) in [5.41, 5.74) is 1.24. The van der Waals surface area contributed by atoms with Crippen LogP contribution in [0.25, 0.3) is 0 Å².